The van der Waals surface area contributed by atoms with Gasteiger partial charge in [-0.05, 0) is 6.07 Å². The van der Waals surface area contributed by atoms with Gasteiger partial charge < -0.3 is 10.9 Å². The molecule has 0 aliphatic carbocycles. The van der Waals surface area contributed by atoms with Crippen LogP contribution in [0.4, 0.5) is 4.39 Å². The maximum Gasteiger partial charge on any atom is 0.219 e. The van der Waals surface area contributed by atoms with E-state index in [4.69, 9.17) is 22.5 Å². The SMILES string of the molecule is N/C(=N/O)c1ncn(Cc2cccc(Cl)c2F)n1. The Labute approximate surface area is 106 Å². The zero-order valence-electron chi connectivity index (χ0n) is 9.09. The quantitative estimate of drug-likeness (QED) is 0.379. The third-order valence-electron chi connectivity index (χ3n) is 2.24. The van der Waals surface area contributed by atoms with Crippen LogP contribution in [0.15, 0.2) is 29.7 Å². The van der Waals surface area contributed by atoms with Crippen molar-refractivity contribution in [3.63, 3.8) is 0 Å². The fraction of sp³-hybridized carbons (Fsp3) is 0.100. The van der Waals surface area contributed by atoms with Crippen molar-refractivity contribution in [1.29, 1.82) is 0 Å². The molecule has 0 fully saturated rings. The first-order valence-corrected chi connectivity index (χ1v) is 5.30. The number of aromatic nitrogens is 3. The van der Waals surface area contributed by atoms with Crippen LogP contribution in [0.25, 0.3) is 0 Å². The Hall–Kier alpha value is -2.15. The van der Waals surface area contributed by atoms with Crippen LogP contribution in [0, 0.1) is 5.82 Å². The van der Waals surface area contributed by atoms with E-state index >= 15 is 0 Å². The van der Waals surface area contributed by atoms with Crippen molar-refractivity contribution in [2.45, 2.75) is 6.54 Å². The lowest BCUT2D eigenvalue weighted by Crippen LogP contribution is -2.15. The summed E-state index contributed by atoms with van der Waals surface area (Å²) < 4.78 is 15.0. The summed E-state index contributed by atoms with van der Waals surface area (Å²) in [6, 6.07) is 4.69. The van der Waals surface area contributed by atoms with Gasteiger partial charge in [0.05, 0.1) is 11.6 Å². The molecule has 0 unspecified atom stereocenters. The van der Waals surface area contributed by atoms with Crippen molar-refractivity contribution in [2.24, 2.45) is 10.9 Å². The van der Waals surface area contributed by atoms with Gasteiger partial charge in [0, 0.05) is 5.56 Å². The monoisotopic (exact) mass is 269 g/mol. The van der Waals surface area contributed by atoms with E-state index in [1.807, 2.05) is 0 Å². The van der Waals surface area contributed by atoms with E-state index in [1.165, 1.54) is 17.1 Å². The van der Waals surface area contributed by atoms with Crippen LogP contribution in [0.1, 0.15) is 11.4 Å². The van der Waals surface area contributed by atoms with E-state index in [1.54, 1.807) is 12.1 Å². The summed E-state index contributed by atoms with van der Waals surface area (Å²) >= 11 is 5.67. The molecule has 2 aromatic rings. The Morgan fingerprint density at radius 3 is 3.06 bits per heavy atom. The Bertz CT molecular complexity index is 598. The first-order valence-electron chi connectivity index (χ1n) is 4.92. The van der Waals surface area contributed by atoms with Crippen LogP contribution in [-0.4, -0.2) is 25.8 Å². The summed E-state index contributed by atoms with van der Waals surface area (Å²) in [4.78, 5) is 3.82. The van der Waals surface area contributed by atoms with Gasteiger partial charge in [-0.1, -0.05) is 28.9 Å². The summed E-state index contributed by atoms with van der Waals surface area (Å²) in [7, 11) is 0. The second kappa shape index (κ2) is 5.01. The molecular weight excluding hydrogens is 261 g/mol. The van der Waals surface area contributed by atoms with Gasteiger partial charge in [0.2, 0.25) is 11.7 Å². The van der Waals surface area contributed by atoms with Gasteiger partial charge in [-0.3, -0.25) is 0 Å². The minimum Gasteiger partial charge on any atom is -0.409 e. The predicted octanol–water partition coefficient (Wildman–Crippen LogP) is 1.21. The number of amidine groups is 1. The highest BCUT2D eigenvalue weighted by Gasteiger charge is 2.09. The number of halogens is 2. The van der Waals surface area contributed by atoms with Gasteiger partial charge in [-0.15, -0.1) is 5.10 Å². The lowest BCUT2D eigenvalue weighted by molar-refractivity contribution is 0.318. The van der Waals surface area contributed by atoms with Crippen molar-refractivity contribution in [3.8, 4) is 0 Å². The molecule has 0 aliphatic heterocycles. The topological polar surface area (TPSA) is 89.3 Å². The molecule has 0 saturated heterocycles. The van der Waals surface area contributed by atoms with Crippen LogP contribution in [0.3, 0.4) is 0 Å². The third-order valence-corrected chi connectivity index (χ3v) is 2.53. The molecule has 6 nitrogen and oxygen atoms in total. The highest BCUT2D eigenvalue weighted by molar-refractivity contribution is 6.30. The highest BCUT2D eigenvalue weighted by Crippen LogP contribution is 2.18. The van der Waals surface area contributed by atoms with Crippen molar-refractivity contribution >= 4 is 17.4 Å². The standard InChI is InChI=1S/C10H9ClFN5O/c11-7-3-1-2-6(8(7)12)4-17-5-14-10(15-17)9(13)16-18/h1-3,5,18H,4H2,(H2,13,16). The maximum absolute atomic E-state index is 13.6. The average Bonchev–Trinajstić information content (AvgIpc) is 2.82. The molecule has 18 heavy (non-hydrogen) atoms. The first-order chi connectivity index (χ1) is 8.61. The molecule has 8 heteroatoms. The van der Waals surface area contributed by atoms with Gasteiger partial charge in [0.25, 0.3) is 0 Å². The Balaban J connectivity index is 2.24. The number of nitrogens with two attached hydrogens (primary N) is 1. The smallest absolute Gasteiger partial charge is 0.219 e. The number of rotatable bonds is 3. The molecule has 0 spiro atoms. The highest BCUT2D eigenvalue weighted by atomic mass is 35.5. The fourth-order valence-electron chi connectivity index (χ4n) is 1.38. The number of hydrogen-bond donors (Lipinski definition) is 2. The number of nitrogens with zero attached hydrogens (tertiary/aromatic N) is 4. The summed E-state index contributed by atoms with van der Waals surface area (Å²) in [6.45, 7) is 0.151. The first kappa shape index (κ1) is 12.3. The molecule has 0 bridgehead atoms. The lowest BCUT2D eigenvalue weighted by Gasteiger charge is -2.03. The van der Waals surface area contributed by atoms with E-state index < -0.39 is 5.82 Å². The van der Waals surface area contributed by atoms with Crippen molar-refractivity contribution in [1.82, 2.24) is 14.8 Å². The maximum atomic E-state index is 13.6. The average molecular weight is 270 g/mol. The largest absolute Gasteiger partial charge is 0.409 e. The molecule has 1 aromatic heterocycles. The Morgan fingerprint density at radius 2 is 2.33 bits per heavy atom. The van der Waals surface area contributed by atoms with E-state index in [9.17, 15) is 4.39 Å². The molecule has 2 rings (SSSR count). The van der Waals surface area contributed by atoms with Crippen LogP contribution in [0.2, 0.25) is 5.02 Å². The molecule has 94 valence electrons. The number of oxime groups is 1. The van der Waals surface area contributed by atoms with Gasteiger partial charge in [-0.2, -0.15) is 0 Å². The summed E-state index contributed by atoms with van der Waals surface area (Å²) in [6.07, 6.45) is 1.35. The van der Waals surface area contributed by atoms with Gasteiger partial charge >= 0.3 is 0 Å². The zero-order chi connectivity index (χ0) is 13.1. The summed E-state index contributed by atoms with van der Waals surface area (Å²) in [5, 5.41) is 15.2. The molecule has 1 heterocycles. The Kier molecular flexibility index (Phi) is 3.42. The molecular formula is C10H9ClFN5O. The minimum atomic E-state index is -0.500. The number of hydrogen-bond acceptors (Lipinski definition) is 4. The molecule has 0 saturated carbocycles. The van der Waals surface area contributed by atoms with Crippen LogP contribution >= 0.6 is 11.6 Å². The Morgan fingerprint density at radius 1 is 1.56 bits per heavy atom. The molecule has 0 aliphatic rings. The zero-order valence-corrected chi connectivity index (χ0v) is 9.84. The van der Waals surface area contributed by atoms with Gasteiger partial charge in [-0.25, -0.2) is 14.1 Å². The van der Waals surface area contributed by atoms with Crippen molar-refractivity contribution < 1.29 is 9.60 Å². The lowest BCUT2D eigenvalue weighted by atomic mass is 10.2. The van der Waals surface area contributed by atoms with E-state index in [-0.39, 0.29) is 23.2 Å². The molecule has 0 atom stereocenters. The van der Waals surface area contributed by atoms with Crippen molar-refractivity contribution in [3.05, 3.63) is 46.8 Å². The fourth-order valence-corrected chi connectivity index (χ4v) is 1.57. The normalized spacial score (nSPS) is 11.8. The predicted molar refractivity (Wildman–Crippen MR) is 63.0 cm³/mol. The van der Waals surface area contributed by atoms with Crippen LogP contribution in [-0.2, 0) is 6.54 Å². The summed E-state index contributed by atoms with van der Waals surface area (Å²) in [5.74, 6) is -0.639. The van der Waals surface area contributed by atoms with Gasteiger partial charge in [0.15, 0.2) is 0 Å². The van der Waals surface area contributed by atoms with E-state index in [0.29, 0.717) is 5.56 Å². The minimum absolute atomic E-state index is 0.0456. The molecule has 0 radical (unpaired) electrons. The van der Waals surface area contributed by atoms with E-state index in [0.717, 1.165) is 0 Å². The van der Waals surface area contributed by atoms with Gasteiger partial charge in [0.1, 0.15) is 12.1 Å². The van der Waals surface area contributed by atoms with Crippen LogP contribution in [0.5, 0.6) is 0 Å². The molecule has 1 aromatic carbocycles. The van der Waals surface area contributed by atoms with E-state index in [2.05, 4.69) is 15.2 Å². The number of benzene rings is 1. The second-order valence-electron chi connectivity index (χ2n) is 3.46. The molecule has 3 N–H and O–H groups in total. The third kappa shape index (κ3) is 2.40. The molecule has 0 amide bonds. The second-order valence-corrected chi connectivity index (χ2v) is 3.87. The van der Waals surface area contributed by atoms with Crippen LogP contribution < -0.4 is 5.73 Å². The summed E-state index contributed by atoms with van der Waals surface area (Å²) in [5.41, 5.74) is 5.70. The van der Waals surface area contributed by atoms with Crippen molar-refractivity contribution in [2.75, 3.05) is 0 Å².